The Morgan fingerprint density at radius 1 is 1.37 bits per heavy atom. The number of rotatable bonds is 8. The van der Waals surface area contributed by atoms with Gasteiger partial charge in [-0.15, -0.1) is 0 Å². The fourth-order valence-electron chi connectivity index (χ4n) is 1.81. The highest BCUT2D eigenvalue weighted by Gasteiger charge is 2.07. The Bertz CT molecular complexity index is 404. The first-order valence-corrected chi connectivity index (χ1v) is 6.67. The molecule has 0 bridgehead atoms. The van der Waals surface area contributed by atoms with Crippen LogP contribution in [0.1, 0.15) is 30.9 Å². The van der Waals surface area contributed by atoms with Gasteiger partial charge in [0.15, 0.2) is 0 Å². The van der Waals surface area contributed by atoms with Crippen LogP contribution in [0.2, 0.25) is 0 Å². The highest BCUT2D eigenvalue weighted by atomic mass is 16.5. The molecular formula is C15H23NO3. The number of nitrogens with one attached hydrogen (secondary N) is 1. The van der Waals surface area contributed by atoms with Gasteiger partial charge in [-0.25, -0.2) is 0 Å². The average Bonchev–Trinajstić information content (AvgIpc) is 2.42. The smallest absolute Gasteiger partial charge is 0.305 e. The van der Waals surface area contributed by atoms with E-state index in [0.29, 0.717) is 19.4 Å². The maximum absolute atomic E-state index is 11.0. The first-order chi connectivity index (χ1) is 9.19. The van der Waals surface area contributed by atoms with Crippen LogP contribution in [0.4, 0.5) is 0 Å². The zero-order valence-corrected chi connectivity index (χ0v) is 12.0. The third kappa shape index (κ3) is 5.30. The molecular weight excluding hydrogens is 242 g/mol. The third-order valence-corrected chi connectivity index (χ3v) is 2.86. The quantitative estimate of drug-likeness (QED) is 0.579. The Kier molecular flexibility index (Phi) is 6.97. The Morgan fingerprint density at radius 3 is 2.84 bits per heavy atom. The summed E-state index contributed by atoms with van der Waals surface area (Å²) >= 11 is 0. The van der Waals surface area contributed by atoms with E-state index in [9.17, 15) is 4.79 Å². The lowest BCUT2D eigenvalue weighted by molar-refractivity contribution is -0.140. The van der Waals surface area contributed by atoms with Crippen molar-refractivity contribution in [3.63, 3.8) is 0 Å². The molecule has 0 spiro atoms. The zero-order chi connectivity index (χ0) is 14.1. The molecule has 0 aliphatic heterocycles. The lowest BCUT2D eigenvalue weighted by atomic mass is 10.1. The molecule has 1 aromatic carbocycles. The summed E-state index contributed by atoms with van der Waals surface area (Å²) < 4.78 is 10.4. The Morgan fingerprint density at radius 2 is 2.16 bits per heavy atom. The minimum absolute atomic E-state index is 0.193. The minimum atomic E-state index is -0.193. The van der Waals surface area contributed by atoms with Crippen molar-refractivity contribution in [2.24, 2.45) is 0 Å². The van der Waals surface area contributed by atoms with E-state index in [1.165, 1.54) is 7.11 Å². The molecule has 1 aromatic rings. The number of esters is 1. The van der Waals surface area contributed by atoms with E-state index in [2.05, 4.69) is 23.0 Å². The highest BCUT2D eigenvalue weighted by molar-refractivity contribution is 5.69. The second-order valence-electron chi connectivity index (χ2n) is 4.37. The fourth-order valence-corrected chi connectivity index (χ4v) is 1.81. The Hall–Kier alpha value is -1.55. The molecule has 0 atom stereocenters. The predicted molar refractivity (Wildman–Crippen MR) is 75.3 cm³/mol. The number of carbonyl (C=O) groups excluding carboxylic acids is 1. The van der Waals surface area contributed by atoms with Gasteiger partial charge in [-0.05, 0) is 25.5 Å². The summed E-state index contributed by atoms with van der Waals surface area (Å²) in [5.74, 6) is 0.731. The van der Waals surface area contributed by atoms with Crippen LogP contribution in [-0.4, -0.2) is 26.2 Å². The van der Waals surface area contributed by atoms with Crippen molar-refractivity contribution in [2.75, 3.05) is 20.3 Å². The first-order valence-electron chi connectivity index (χ1n) is 6.67. The van der Waals surface area contributed by atoms with Crippen molar-refractivity contribution >= 4 is 5.97 Å². The molecule has 1 N–H and O–H groups in total. The van der Waals surface area contributed by atoms with Gasteiger partial charge in [0, 0.05) is 18.5 Å². The number of methoxy groups -OCH3 is 1. The van der Waals surface area contributed by atoms with E-state index in [4.69, 9.17) is 4.74 Å². The second kappa shape index (κ2) is 8.53. The number of benzene rings is 1. The van der Waals surface area contributed by atoms with Crippen LogP contribution in [0.25, 0.3) is 0 Å². The molecule has 0 unspecified atom stereocenters. The van der Waals surface area contributed by atoms with Gasteiger partial charge in [0.05, 0.1) is 13.7 Å². The molecule has 0 saturated heterocycles. The summed E-state index contributed by atoms with van der Waals surface area (Å²) in [7, 11) is 1.40. The maximum Gasteiger partial charge on any atom is 0.305 e. The Labute approximate surface area is 115 Å². The molecule has 4 nitrogen and oxygen atoms in total. The number of hydrogen-bond acceptors (Lipinski definition) is 4. The molecule has 106 valence electrons. The molecule has 4 heteroatoms. The Balaban J connectivity index is 2.53. The standard InChI is InChI=1S/C15H23NO3/c1-4-16-11-13-8-5-7-12(2)15(13)19-10-6-9-14(17)18-3/h5,7-8,16H,4,6,9-11H2,1-3H3. The summed E-state index contributed by atoms with van der Waals surface area (Å²) in [5.41, 5.74) is 2.27. The molecule has 0 fully saturated rings. The largest absolute Gasteiger partial charge is 0.493 e. The molecule has 19 heavy (non-hydrogen) atoms. The van der Waals surface area contributed by atoms with Crippen LogP contribution in [0.15, 0.2) is 18.2 Å². The van der Waals surface area contributed by atoms with Crippen molar-refractivity contribution in [3.8, 4) is 5.75 Å². The predicted octanol–water partition coefficient (Wildman–Crippen LogP) is 2.44. The lowest BCUT2D eigenvalue weighted by Crippen LogP contribution is -2.14. The van der Waals surface area contributed by atoms with E-state index in [1.807, 2.05) is 19.1 Å². The number of para-hydroxylation sites is 1. The van der Waals surface area contributed by atoms with Crippen LogP contribution < -0.4 is 10.1 Å². The highest BCUT2D eigenvalue weighted by Crippen LogP contribution is 2.23. The van der Waals surface area contributed by atoms with Crippen molar-refractivity contribution in [2.45, 2.75) is 33.2 Å². The van der Waals surface area contributed by atoms with Crippen molar-refractivity contribution in [1.29, 1.82) is 0 Å². The van der Waals surface area contributed by atoms with Gasteiger partial charge >= 0.3 is 5.97 Å². The average molecular weight is 265 g/mol. The third-order valence-electron chi connectivity index (χ3n) is 2.86. The molecule has 0 saturated carbocycles. The first kappa shape index (κ1) is 15.5. The van der Waals surface area contributed by atoms with E-state index in [0.717, 1.165) is 30.0 Å². The molecule has 0 aliphatic carbocycles. The second-order valence-corrected chi connectivity index (χ2v) is 4.37. The summed E-state index contributed by atoms with van der Waals surface area (Å²) in [6.45, 7) is 6.36. The number of ether oxygens (including phenoxy) is 2. The summed E-state index contributed by atoms with van der Waals surface area (Å²) in [6.07, 6.45) is 1.06. The molecule has 0 aliphatic rings. The van der Waals surface area contributed by atoms with Crippen LogP contribution in [-0.2, 0) is 16.1 Å². The lowest BCUT2D eigenvalue weighted by Gasteiger charge is -2.14. The molecule has 1 rings (SSSR count). The van der Waals surface area contributed by atoms with Gasteiger partial charge in [0.2, 0.25) is 0 Å². The fraction of sp³-hybridized carbons (Fsp3) is 0.533. The number of hydrogen-bond donors (Lipinski definition) is 1. The van der Waals surface area contributed by atoms with Gasteiger partial charge in [-0.2, -0.15) is 0 Å². The monoisotopic (exact) mass is 265 g/mol. The maximum atomic E-state index is 11.0. The van der Waals surface area contributed by atoms with Crippen molar-refractivity contribution < 1.29 is 14.3 Å². The van der Waals surface area contributed by atoms with E-state index >= 15 is 0 Å². The normalized spacial score (nSPS) is 10.3. The van der Waals surface area contributed by atoms with Gasteiger partial charge in [0.25, 0.3) is 0 Å². The summed E-state index contributed by atoms with van der Waals surface area (Å²) in [5, 5.41) is 3.30. The van der Waals surface area contributed by atoms with E-state index in [-0.39, 0.29) is 5.97 Å². The van der Waals surface area contributed by atoms with Gasteiger partial charge in [-0.3, -0.25) is 4.79 Å². The van der Waals surface area contributed by atoms with Crippen LogP contribution in [0.5, 0.6) is 5.75 Å². The number of aryl methyl sites for hydroxylation is 1. The summed E-state index contributed by atoms with van der Waals surface area (Å²) in [4.78, 5) is 11.0. The zero-order valence-electron chi connectivity index (χ0n) is 12.0. The van der Waals surface area contributed by atoms with Crippen molar-refractivity contribution in [1.82, 2.24) is 5.32 Å². The molecule has 0 aromatic heterocycles. The van der Waals surface area contributed by atoms with Gasteiger partial charge in [0.1, 0.15) is 5.75 Å². The van der Waals surface area contributed by atoms with Crippen molar-refractivity contribution in [3.05, 3.63) is 29.3 Å². The van der Waals surface area contributed by atoms with Crippen LogP contribution in [0.3, 0.4) is 0 Å². The van der Waals surface area contributed by atoms with Gasteiger partial charge < -0.3 is 14.8 Å². The molecule has 0 heterocycles. The molecule has 0 radical (unpaired) electrons. The van der Waals surface area contributed by atoms with Crippen LogP contribution in [0, 0.1) is 6.92 Å². The molecule has 0 amide bonds. The van der Waals surface area contributed by atoms with Crippen LogP contribution >= 0.6 is 0 Å². The van der Waals surface area contributed by atoms with Gasteiger partial charge in [-0.1, -0.05) is 25.1 Å². The summed E-state index contributed by atoms with van der Waals surface area (Å²) in [6, 6.07) is 6.12. The van der Waals surface area contributed by atoms with E-state index < -0.39 is 0 Å². The SMILES string of the molecule is CCNCc1cccc(C)c1OCCCC(=O)OC. The topological polar surface area (TPSA) is 47.6 Å². The minimum Gasteiger partial charge on any atom is -0.493 e. The number of carbonyl (C=O) groups is 1. The van der Waals surface area contributed by atoms with E-state index in [1.54, 1.807) is 0 Å².